The van der Waals surface area contributed by atoms with Gasteiger partial charge in [0.05, 0.1) is 26.8 Å². The van der Waals surface area contributed by atoms with Crippen molar-refractivity contribution in [1.82, 2.24) is 4.98 Å². The minimum atomic E-state index is -0.430. The molecule has 5 rings (SSSR count). The van der Waals surface area contributed by atoms with Gasteiger partial charge in [0.15, 0.2) is 5.17 Å². The molecular weight excluding hydrogens is 484 g/mol. The van der Waals surface area contributed by atoms with Crippen LogP contribution in [-0.4, -0.2) is 21.0 Å². The second-order valence-corrected chi connectivity index (χ2v) is 9.58. The van der Waals surface area contributed by atoms with E-state index in [1.54, 1.807) is 42.2 Å². The number of nitrogens with zero attached hydrogens (tertiary/aromatic N) is 4. The third kappa shape index (κ3) is 4.66. The quantitative estimate of drug-likeness (QED) is 0.170. The molecule has 2 aromatic heterocycles. The highest BCUT2D eigenvalue weighted by atomic mass is 32.2. The number of anilines is 1. The predicted molar refractivity (Wildman–Crippen MR) is 139 cm³/mol. The minimum absolute atomic E-state index is 0.0340. The standard InChI is InChI=1S/C25H18N4O4S2/c1-15-8-10-19(20(12-15)29(31)32)21-11-9-18(33-21)13-22-23(30)28(17-6-4-3-5-7-17)25(35-22)27-24-26-16(2)14-34-24/h3-14H,1-2H3/b22-13+,27-25+. The zero-order valence-electron chi connectivity index (χ0n) is 18.7. The van der Waals surface area contributed by atoms with E-state index >= 15 is 0 Å². The van der Waals surface area contributed by atoms with E-state index < -0.39 is 4.92 Å². The number of thiazole rings is 1. The summed E-state index contributed by atoms with van der Waals surface area (Å²) in [6, 6.07) is 17.6. The van der Waals surface area contributed by atoms with Gasteiger partial charge in [0.1, 0.15) is 11.5 Å². The van der Waals surface area contributed by atoms with Gasteiger partial charge in [0.2, 0.25) is 5.13 Å². The molecule has 8 nitrogen and oxygen atoms in total. The number of nitro benzene ring substituents is 1. The van der Waals surface area contributed by atoms with E-state index in [1.807, 2.05) is 42.6 Å². The van der Waals surface area contributed by atoms with Crippen LogP contribution >= 0.6 is 23.1 Å². The van der Waals surface area contributed by atoms with Crippen LogP contribution in [0.25, 0.3) is 17.4 Å². The lowest BCUT2D eigenvalue weighted by Crippen LogP contribution is -2.28. The summed E-state index contributed by atoms with van der Waals surface area (Å²) in [5.74, 6) is 0.517. The predicted octanol–water partition coefficient (Wildman–Crippen LogP) is 6.74. The third-order valence-electron chi connectivity index (χ3n) is 5.13. The van der Waals surface area contributed by atoms with Crippen LogP contribution < -0.4 is 4.90 Å². The number of thioether (sulfide) groups is 1. The van der Waals surface area contributed by atoms with Crippen molar-refractivity contribution in [2.24, 2.45) is 4.99 Å². The number of hydrogen-bond acceptors (Lipinski definition) is 8. The smallest absolute Gasteiger partial charge is 0.280 e. The van der Waals surface area contributed by atoms with E-state index in [1.165, 1.54) is 29.2 Å². The molecule has 0 bridgehead atoms. The van der Waals surface area contributed by atoms with Crippen LogP contribution in [-0.2, 0) is 4.79 Å². The summed E-state index contributed by atoms with van der Waals surface area (Å²) >= 11 is 2.62. The Balaban J connectivity index is 1.51. The maximum absolute atomic E-state index is 13.4. The first kappa shape index (κ1) is 22.8. The number of rotatable bonds is 5. The van der Waals surface area contributed by atoms with Crippen molar-refractivity contribution in [3.8, 4) is 11.3 Å². The molecule has 0 spiro atoms. The van der Waals surface area contributed by atoms with Crippen LogP contribution in [0.5, 0.6) is 0 Å². The molecule has 0 radical (unpaired) electrons. The number of aryl methyl sites for hydroxylation is 2. The van der Waals surface area contributed by atoms with Gasteiger partial charge in [0, 0.05) is 17.5 Å². The molecular formula is C25H18N4O4S2. The van der Waals surface area contributed by atoms with E-state index in [0.29, 0.717) is 38.0 Å². The highest BCUT2D eigenvalue weighted by Gasteiger charge is 2.35. The molecule has 35 heavy (non-hydrogen) atoms. The van der Waals surface area contributed by atoms with Gasteiger partial charge in [-0.3, -0.25) is 19.8 Å². The van der Waals surface area contributed by atoms with Crippen molar-refractivity contribution in [1.29, 1.82) is 0 Å². The first-order chi connectivity index (χ1) is 16.9. The molecule has 1 amide bonds. The zero-order valence-corrected chi connectivity index (χ0v) is 20.3. The lowest BCUT2D eigenvalue weighted by atomic mass is 10.1. The maximum Gasteiger partial charge on any atom is 0.280 e. The van der Waals surface area contributed by atoms with E-state index in [0.717, 1.165) is 11.3 Å². The molecule has 0 atom stereocenters. The van der Waals surface area contributed by atoms with Crippen LogP contribution in [0, 0.1) is 24.0 Å². The van der Waals surface area contributed by atoms with Crippen molar-refractivity contribution in [2.75, 3.05) is 4.90 Å². The maximum atomic E-state index is 13.4. The van der Waals surface area contributed by atoms with Gasteiger partial charge in [-0.15, -0.1) is 11.3 Å². The Morgan fingerprint density at radius 2 is 1.91 bits per heavy atom. The molecule has 174 valence electrons. The molecule has 0 aliphatic carbocycles. The average Bonchev–Trinajstić information content (AvgIpc) is 3.54. The summed E-state index contributed by atoms with van der Waals surface area (Å²) in [5, 5.41) is 14.5. The van der Waals surface area contributed by atoms with Crippen molar-refractivity contribution in [3.63, 3.8) is 0 Å². The Bertz CT molecular complexity index is 1500. The number of carbonyl (C=O) groups excluding carboxylic acids is 1. The lowest BCUT2D eigenvalue weighted by Gasteiger charge is -2.14. The van der Waals surface area contributed by atoms with E-state index in [-0.39, 0.29) is 11.6 Å². The molecule has 1 aliphatic heterocycles. The lowest BCUT2D eigenvalue weighted by molar-refractivity contribution is -0.384. The second kappa shape index (κ2) is 9.32. The largest absolute Gasteiger partial charge is 0.456 e. The number of nitro groups is 1. The molecule has 2 aromatic carbocycles. The molecule has 1 saturated heterocycles. The fourth-order valence-corrected chi connectivity index (χ4v) is 5.22. The van der Waals surface area contributed by atoms with Crippen LogP contribution in [0.3, 0.4) is 0 Å². The summed E-state index contributed by atoms with van der Waals surface area (Å²) in [7, 11) is 0. The Morgan fingerprint density at radius 1 is 1.11 bits per heavy atom. The first-order valence-corrected chi connectivity index (χ1v) is 12.2. The summed E-state index contributed by atoms with van der Waals surface area (Å²) in [5.41, 5.74) is 2.68. The number of aliphatic imine (C=N–C) groups is 1. The number of hydrogen-bond donors (Lipinski definition) is 0. The third-order valence-corrected chi connectivity index (χ3v) is 6.96. The first-order valence-electron chi connectivity index (χ1n) is 10.5. The fraction of sp³-hybridized carbons (Fsp3) is 0.0800. The molecule has 1 aliphatic rings. The van der Waals surface area contributed by atoms with Gasteiger partial charge in [-0.05, 0) is 61.5 Å². The molecule has 1 fully saturated rings. The number of furan rings is 1. The molecule has 3 heterocycles. The van der Waals surface area contributed by atoms with Gasteiger partial charge in [0.25, 0.3) is 11.6 Å². The molecule has 0 unspecified atom stereocenters. The molecule has 4 aromatic rings. The second-order valence-electron chi connectivity index (χ2n) is 7.73. The average molecular weight is 503 g/mol. The van der Waals surface area contributed by atoms with Gasteiger partial charge in [-0.25, -0.2) is 4.98 Å². The minimum Gasteiger partial charge on any atom is -0.456 e. The highest BCUT2D eigenvalue weighted by Crippen LogP contribution is 2.39. The van der Waals surface area contributed by atoms with Crippen molar-refractivity contribution in [3.05, 3.63) is 98.1 Å². The van der Waals surface area contributed by atoms with Gasteiger partial charge < -0.3 is 4.42 Å². The Morgan fingerprint density at radius 3 is 2.63 bits per heavy atom. The van der Waals surface area contributed by atoms with Crippen molar-refractivity contribution >= 4 is 56.8 Å². The Hall–Kier alpha value is -4.02. The number of para-hydroxylation sites is 1. The topological polar surface area (TPSA) is 102 Å². The number of benzene rings is 2. The van der Waals surface area contributed by atoms with Crippen LogP contribution in [0.4, 0.5) is 16.5 Å². The molecule has 10 heteroatoms. The summed E-state index contributed by atoms with van der Waals surface area (Å²) in [6.45, 7) is 3.68. The van der Waals surface area contributed by atoms with Crippen LogP contribution in [0.2, 0.25) is 0 Å². The molecule has 0 saturated carbocycles. The Kier molecular flexibility index (Phi) is 6.06. The fourth-order valence-electron chi connectivity index (χ4n) is 3.53. The normalized spacial score (nSPS) is 15.9. The van der Waals surface area contributed by atoms with Gasteiger partial charge >= 0.3 is 0 Å². The van der Waals surface area contributed by atoms with E-state index in [9.17, 15) is 14.9 Å². The van der Waals surface area contributed by atoms with E-state index in [2.05, 4.69) is 9.98 Å². The zero-order chi connectivity index (χ0) is 24.5. The SMILES string of the molecule is Cc1ccc(-c2ccc(/C=C3/S/C(=N/c4nc(C)cs4)N(c4ccccc4)C3=O)o2)c([N+](=O)[O-])c1. The summed E-state index contributed by atoms with van der Waals surface area (Å²) in [4.78, 5) is 35.4. The van der Waals surface area contributed by atoms with E-state index in [4.69, 9.17) is 4.42 Å². The Labute approximate surface area is 208 Å². The van der Waals surface area contributed by atoms with Crippen LogP contribution in [0.1, 0.15) is 17.0 Å². The van der Waals surface area contributed by atoms with Crippen molar-refractivity contribution in [2.45, 2.75) is 13.8 Å². The van der Waals surface area contributed by atoms with Gasteiger partial charge in [-0.1, -0.05) is 24.3 Å². The van der Waals surface area contributed by atoms with Gasteiger partial charge in [-0.2, -0.15) is 4.99 Å². The molecule has 0 N–H and O–H groups in total. The number of amides is 1. The number of amidine groups is 1. The highest BCUT2D eigenvalue weighted by molar-refractivity contribution is 8.19. The summed E-state index contributed by atoms with van der Waals surface area (Å²) in [6.07, 6.45) is 1.63. The summed E-state index contributed by atoms with van der Waals surface area (Å²) < 4.78 is 5.89. The number of carbonyl (C=O) groups is 1. The van der Waals surface area contributed by atoms with Crippen molar-refractivity contribution < 1.29 is 14.1 Å². The number of aromatic nitrogens is 1. The monoisotopic (exact) mass is 502 g/mol. The van der Waals surface area contributed by atoms with Crippen LogP contribution in [0.15, 0.2) is 80.4 Å².